The molecule has 0 radical (unpaired) electrons. The zero-order chi connectivity index (χ0) is 26.2. The first-order chi connectivity index (χ1) is 17.7. The van der Waals surface area contributed by atoms with Crippen LogP contribution in [-0.2, 0) is 13.7 Å². The molecule has 2 aromatic heterocycles. The zero-order valence-corrected chi connectivity index (χ0v) is 21.1. The van der Waals surface area contributed by atoms with E-state index in [1.54, 1.807) is 25.2 Å². The highest BCUT2D eigenvalue weighted by molar-refractivity contribution is 5.78. The Labute approximate surface area is 213 Å². The molecule has 1 atom stereocenters. The smallest absolute Gasteiger partial charge is 0.205 e. The topological polar surface area (TPSA) is 65.7 Å². The third-order valence-corrected chi connectivity index (χ3v) is 6.23. The number of rotatable bonds is 6. The molecule has 37 heavy (non-hydrogen) atoms. The van der Waals surface area contributed by atoms with Crippen molar-refractivity contribution in [1.29, 1.82) is 0 Å². The second-order valence-corrected chi connectivity index (χ2v) is 10.1. The summed E-state index contributed by atoms with van der Waals surface area (Å²) in [6, 6.07) is 20.6. The molecule has 0 N–H and O–H groups in total. The summed E-state index contributed by atoms with van der Waals surface area (Å²) in [6.07, 6.45) is 0. The second-order valence-electron chi connectivity index (χ2n) is 10.1. The first-order valence-corrected chi connectivity index (χ1v) is 12.0. The van der Waals surface area contributed by atoms with Crippen LogP contribution < -0.4 is 4.74 Å². The van der Waals surface area contributed by atoms with Crippen LogP contribution in [0.5, 0.6) is 5.75 Å². The van der Waals surface area contributed by atoms with E-state index in [1.165, 1.54) is 23.0 Å². The molecule has 6 nitrogen and oxygen atoms in total. The molecule has 0 aliphatic rings. The van der Waals surface area contributed by atoms with Gasteiger partial charge in [0.25, 0.3) is 0 Å². The largest absolute Gasteiger partial charge is 0.487 e. The van der Waals surface area contributed by atoms with Crippen LogP contribution in [0.1, 0.15) is 43.5 Å². The van der Waals surface area contributed by atoms with Crippen LogP contribution >= 0.6 is 0 Å². The lowest BCUT2D eigenvalue weighted by Crippen LogP contribution is -2.21. The van der Waals surface area contributed by atoms with Crippen LogP contribution in [-0.4, -0.2) is 25.2 Å². The molecular formula is C29H27F2N5O. The van der Waals surface area contributed by atoms with Gasteiger partial charge in [-0.1, -0.05) is 39.0 Å². The Morgan fingerprint density at radius 1 is 0.919 bits per heavy atom. The molecule has 3 aromatic carbocycles. The van der Waals surface area contributed by atoms with Gasteiger partial charge in [0.1, 0.15) is 24.0 Å². The van der Waals surface area contributed by atoms with Crippen molar-refractivity contribution in [2.75, 3.05) is 0 Å². The van der Waals surface area contributed by atoms with Crippen LogP contribution in [0.2, 0.25) is 0 Å². The Morgan fingerprint density at radius 3 is 2.46 bits per heavy atom. The van der Waals surface area contributed by atoms with E-state index in [4.69, 9.17) is 4.74 Å². The molecule has 1 unspecified atom stereocenters. The number of nitrogens with zero attached hydrogens (tertiary/aromatic N) is 5. The number of halogens is 2. The van der Waals surface area contributed by atoms with Gasteiger partial charge >= 0.3 is 0 Å². The lowest BCUT2D eigenvalue weighted by molar-refractivity contribution is 0.300. The number of fused-ring (bicyclic) bond motifs is 1. The molecule has 0 saturated heterocycles. The van der Waals surface area contributed by atoms with Gasteiger partial charge in [-0.25, -0.2) is 13.8 Å². The lowest BCUT2D eigenvalue weighted by Gasteiger charge is -2.33. The van der Waals surface area contributed by atoms with E-state index < -0.39 is 0 Å². The van der Waals surface area contributed by atoms with Crippen molar-refractivity contribution in [2.45, 2.75) is 33.3 Å². The summed E-state index contributed by atoms with van der Waals surface area (Å²) < 4.78 is 33.9. The van der Waals surface area contributed by atoms with E-state index in [1.807, 2.05) is 36.4 Å². The molecule has 0 fully saturated rings. The van der Waals surface area contributed by atoms with Gasteiger partial charge in [-0.2, -0.15) is 4.80 Å². The van der Waals surface area contributed by atoms with E-state index >= 15 is 0 Å². The number of aromatic nitrogens is 5. The molecule has 0 spiro atoms. The highest BCUT2D eigenvalue weighted by Gasteiger charge is 2.31. The van der Waals surface area contributed by atoms with E-state index in [9.17, 15) is 8.78 Å². The zero-order valence-electron chi connectivity index (χ0n) is 21.1. The normalized spacial score (nSPS) is 12.6. The van der Waals surface area contributed by atoms with Crippen LogP contribution in [0, 0.1) is 17.0 Å². The van der Waals surface area contributed by atoms with Crippen LogP contribution in [0.4, 0.5) is 8.78 Å². The number of tetrazole rings is 1. The maximum Gasteiger partial charge on any atom is 0.205 e. The predicted molar refractivity (Wildman–Crippen MR) is 138 cm³/mol. The average molecular weight is 500 g/mol. The first-order valence-electron chi connectivity index (χ1n) is 12.0. The molecule has 0 bridgehead atoms. The molecule has 0 saturated carbocycles. The third kappa shape index (κ3) is 5.33. The Balaban J connectivity index is 1.54. The van der Waals surface area contributed by atoms with Crippen molar-refractivity contribution in [2.24, 2.45) is 12.5 Å². The fraction of sp³-hybridized carbons (Fsp3) is 0.241. The Kier molecular flexibility index (Phi) is 6.41. The van der Waals surface area contributed by atoms with E-state index in [0.29, 0.717) is 17.1 Å². The standard InChI is InChI=1S/C29H27F2N5O/c1-29(2,3)27(19-6-5-7-20(30)15-19)25-16-23(11-12-24(25)28-33-35-36(4)34-28)37-17-22-10-8-18-14-21(31)9-13-26(18)32-22/h5-16,27H,17H2,1-4H3. The molecule has 188 valence electrons. The maximum absolute atomic E-state index is 14.3. The summed E-state index contributed by atoms with van der Waals surface area (Å²) in [5.41, 5.74) is 3.71. The van der Waals surface area contributed by atoms with Gasteiger partial charge < -0.3 is 4.74 Å². The fourth-order valence-corrected chi connectivity index (χ4v) is 4.67. The monoisotopic (exact) mass is 499 g/mol. The van der Waals surface area contributed by atoms with Gasteiger partial charge in [-0.15, -0.1) is 10.2 Å². The molecule has 0 aliphatic heterocycles. The summed E-state index contributed by atoms with van der Waals surface area (Å²) in [7, 11) is 1.71. The molecule has 5 aromatic rings. The van der Waals surface area contributed by atoms with Crippen molar-refractivity contribution in [3.63, 3.8) is 0 Å². The molecule has 5 rings (SSSR count). The van der Waals surface area contributed by atoms with Gasteiger partial charge in [0, 0.05) is 16.9 Å². The first kappa shape index (κ1) is 24.5. The molecule has 0 aliphatic carbocycles. The van der Waals surface area contributed by atoms with Crippen molar-refractivity contribution < 1.29 is 13.5 Å². The van der Waals surface area contributed by atoms with Crippen LogP contribution in [0.15, 0.2) is 72.8 Å². The number of pyridine rings is 1. The van der Waals surface area contributed by atoms with E-state index in [2.05, 4.69) is 41.2 Å². The third-order valence-electron chi connectivity index (χ3n) is 6.23. The Bertz CT molecular complexity index is 1570. The minimum Gasteiger partial charge on any atom is -0.487 e. The second kappa shape index (κ2) is 9.69. The summed E-state index contributed by atoms with van der Waals surface area (Å²) in [5.74, 6) is 0.350. The Morgan fingerprint density at radius 2 is 1.73 bits per heavy atom. The lowest BCUT2D eigenvalue weighted by atomic mass is 9.71. The van der Waals surface area contributed by atoms with Crippen molar-refractivity contribution in [3.05, 3.63) is 101 Å². The quantitative estimate of drug-likeness (QED) is 0.268. The SMILES string of the molecule is Cn1nnc(-c2ccc(OCc3ccc4cc(F)ccc4n3)cc2C(c2cccc(F)c2)C(C)(C)C)n1. The van der Waals surface area contributed by atoms with Crippen LogP contribution in [0.3, 0.4) is 0 Å². The highest BCUT2D eigenvalue weighted by Crippen LogP contribution is 2.45. The van der Waals surface area contributed by atoms with E-state index in [0.717, 1.165) is 27.8 Å². The maximum atomic E-state index is 14.3. The van der Waals surface area contributed by atoms with E-state index in [-0.39, 0.29) is 29.6 Å². The van der Waals surface area contributed by atoms with Gasteiger partial charge in [0.05, 0.1) is 18.3 Å². The Hall–Kier alpha value is -4.20. The summed E-state index contributed by atoms with van der Waals surface area (Å²) >= 11 is 0. The fourth-order valence-electron chi connectivity index (χ4n) is 4.67. The molecular weight excluding hydrogens is 472 g/mol. The molecule has 2 heterocycles. The number of hydrogen-bond acceptors (Lipinski definition) is 5. The summed E-state index contributed by atoms with van der Waals surface area (Å²) in [5, 5.41) is 13.4. The van der Waals surface area contributed by atoms with Gasteiger partial charge in [-0.3, -0.25) is 0 Å². The number of hydrogen-bond donors (Lipinski definition) is 0. The van der Waals surface area contributed by atoms with Crippen molar-refractivity contribution >= 4 is 10.9 Å². The summed E-state index contributed by atoms with van der Waals surface area (Å²) in [6.45, 7) is 6.58. The highest BCUT2D eigenvalue weighted by atomic mass is 19.1. The molecule has 8 heteroatoms. The average Bonchev–Trinajstić information content (AvgIpc) is 3.28. The number of ether oxygens (including phenoxy) is 1. The minimum absolute atomic E-state index is 0.181. The van der Waals surface area contributed by atoms with Gasteiger partial charge in [-0.05, 0) is 76.4 Å². The predicted octanol–water partition coefficient (Wildman–Crippen LogP) is 6.46. The molecule has 0 amide bonds. The van der Waals surface area contributed by atoms with Crippen molar-refractivity contribution in [3.8, 4) is 17.1 Å². The van der Waals surface area contributed by atoms with Gasteiger partial charge in [0.15, 0.2) is 0 Å². The van der Waals surface area contributed by atoms with Gasteiger partial charge in [0.2, 0.25) is 5.82 Å². The number of aryl methyl sites for hydroxylation is 1. The summed E-state index contributed by atoms with van der Waals surface area (Å²) in [4.78, 5) is 6.00. The minimum atomic E-state index is -0.296. The number of benzene rings is 3. The van der Waals surface area contributed by atoms with Crippen molar-refractivity contribution in [1.82, 2.24) is 25.2 Å². The van der Waals surface area contributed by atoms with Crippen LogP contribution in [0.25, 0.3) is 22.3 Å².